The number of fused-ring (bicyclic) bond motifs is 1. The lowest BCUT2D eigenvalue weighted by molar-refractivity contribution is 0.102. The fourth-order valence-corrected chi connectivity index (χ4v) is 2.14. The van der Waals surface area contributed by atoms with Crippen molar-refractivity contribution in [3.63, 3.8) is 0 Å². The molecular formula is C14H12N2O. The Balaban J connectivity index is 1.97. The lowest BCUT2D eigenvalue weighted by atomic mass is 10.1. The monoisotopic (exact) mass is 224 g/mol. The van der Waals surface area contributed by atoms with Gasteiger partial charge in [-0.2, -0.15) is 0 Å². The molecule has 0 spiro atoms. The molecule has 84 valence electrons. The molecular weight excluding hydrogens is 212 g/mol. The Morgan fingerprint density at radius 2 is 1.94 bits per heavy atom. The Kier molecular flexibility index (Phi) is 2.44. The maximum atomic E-state index is 12.1. The van der Waals surface area contributed by atoms with E-state index in [1.807, 2.05) is 18.2 Å². The van der Waals surface area contributed by atoms with Crippen molar-refractivity contribution in [2.24, 2.45) is 0 Å². The van der Waals surface area contributed by atoms with E-state index in [0.29, 0.717) is 11.4 Å². The highest BCUT2D eigenvalue weighted by atomic mass is 16.1. The fraction of sp³-hybridized carbons (Fsp3) is 0.214. The van der Waals surface area contributed by atoms with E-state index in [1.165, 1.54) is 5.56 Å². The van der Waals surface area contributed by atoms with Crippen molar-refractivity contribution < 1.29 is 4.79 Å². The number of carbonyl (C=O) groups is 1. The zero-order chi connectivity index (χ0) is 11.7. The third-order valence-corrected chi connectivity index (χ3v) is 3.05. The molecule has 17 heavy (non-hydrogen) atoms. The molecule has 1 heterocycles. The molecule has 0 saturated heterocycles. The van der Waals surface area contributed by atoms with Crippen molar-refractivity contribution in [2.75, 3.05) is 0 Å². The van der Waals surface area contributed by atoms with Gasteiger partial charge in [0.1, 0.15) is 0 Å². The highest BCUT2D eigenvalue weighted by Crippen LogP contribution is 2.19. The van der Waals surface area contributed by atoms with Crippen LogP contribution in [0.4, 0.5) is 0 Å². The van der Waals surface area contributed by atoms with Gasteiger partial charge in [0, 0.05) is 17.5 Å². The van der Waals surface area contributed by atoms with Gasteiger partial charge in [-0.15, -0.1) is 0 Å². The largest absolute Gasteiger partial charge is 0.285 e. The van der Waals surface area contributed by atoms with Gasteiger partial charge in [0.05, 0.1) is 0 Å². The number of hydrogen-bond acceptors (Lipinski definition) is 3. The summed E-state index contributed by atoms with van der Waals surface area (Å²) in [5.74, 6) is 0.220. The molecule has 0 unspecified atom stereocenters. The van der Waals surface area contributed by atoms with Crippen molar-refractivity contribution in [2.45, 2.75) is 19.3 Å². The van der Waals surface area contributed by atoms with Gasteiger partial charge >= 0.3 is 0 Å². The van der Waals surface area contributed by atoms with Crippen LogP contribution in [0.1, 0.15) is 33.9 Å². The standard InChI is InChI=1S/C14H12N2O/c17-13(10-5-2-1-3-6-10)14-15-9-11-7-4-8-12(11)16-14/h1-3,5-6,9H,4,7-8H2. The second-order valence-electron chi connectivity index (χ2n) is 4.21. The Bertz CT molecular complexity index is 564. The Labute approximate surface area is 99.5 Å². The van der Waals surface area contributed by atoms with Crippen molar-refractivity contribution >= 4 is 5.78 Å². The normalized spacial score (nSPS) is 13.4. The van der Waals surface area contributed by atoms with Gasteiger partial charge in [0.25, 0.3) is 0 Å². The summed E-state index contributed by atoms with van der Waals surface area (Å²) in [7, 11) is 0. The molecule has 0 N–H and O–H groups in total. The van der Waals surface area contributed by atoms with Crippen molar-refractivity contribution in [3.8, 4) is 0 Å². The summed E-state index contributed by atoms with van der Waals surface area (Å²) in [5, 5.41) is 0. The van der Waals surface area contributed by atoms with E-state index in [4.69, 9.17) is 0 Å². The molecule has 1 aliphatic carbocycles. The minimum absolute atomic E-state index is 0.0969. The fourth-order valence-electron chi connectivity index (χ4n) is 2.14. The zero-order valence-corrected chi connectivity index (χ0v) is 9.39. The van der Waals surface area contributed by atoms with Crippen molar-refractivity contribution in [3.05, 3.63) is 59.2 Å². The first-order valence-electron chi connectivity index (χ1n) is 5.79. The van der Waals surface area contributed by atoms with E-state index in [0.717, 1.165) is 25.0 Å². The maximum Gasteiger partial charge on any atom is 0.230 e. The Morgan fingerprint density at radius 1 is 1.12 bits per heavy atom. The van der Waals surface area contributed by atoms with Crippen LogP contribution >= 0.6 is 0 Å². The van der Waals surface area contributed by atoms with Crippen LogP contribution in [0.3, 0.4) is 0 Å². The third-order valence-electron chi connectivity index (χ3n) is 3.05. The van der Waals surface area contributed by atoms with Crippen molar-refractivity contribution in [1.29, 1.82) is 0 Å². The molecule has 1 aromatic heterocycles. The lowest BCUT2D eigenvalue weighted by Crippen LogP contribution is -2.08. The number of carbonyl (C=O) groups excluding carboxylic acids is 1. The van der Waals surface area contributed by atoms with Crippen LogP contribution in [0.5, 0.6) is 0 Å². The summed E-state index contributed by atoms with van der Waals surface area (Å²) < 4.78 is 0. The highest BCUT2D eigenvalue weighted by molar-refractivity contribution is 6.06. The van der Waals surface area contributed by atoms with E-state index in [9.17, 15) is 4.79 Å². The maximum absolute atomic E-state index is 12.1. The summed E-state index contributed by atoms with van der Waals surface area (Å²) in [6, 6.07) is 9.17. The molecule has 0 fully saturated rings. The second-order valence-corrected chi connectivity index (χ2v) is 4.21. The van der Waals surface area contributed by atoms with E-state index >= 15 is 0 Å². The van der Waals surface area contributed by atoms with Crippen LogP contribution in [-0.2, 0) is 12.8 Å². The summed E-state index contributed by atoms with van der Waals surface area (Å²) in [5.41, 5.74) is 2.87. The van der Waals surface area contributed by atoms with Gasteiger partial charge < -0.3 is 0 Å². The first-order chi connectivity index (χ1) is 8.34. The molecule has 0 saturated carbocycles. The van der Waals surface area contributed by atoms with E-state index < -0.39 is 0 Å². The van der Waals surface area contributed by atoms with E-state index in [2.05, 4.69) is 9.97 Å². The van der Waals surface area contributed by atoms with Crippen molar-refractivity contribution in [1.82, 2.24) is 9.97 Å². The smallest absolute Gasteiger partial charge is 0.230 e. The molecule has 0 aliphatic heterocycles. The predicted molar refractivity (Wildman–Crippen MR) is 63.9 cm³/mol. The number of ketones is 1. The van der Waals surface area contributed by atoms with Gasteiger partial charge in [-0.05, 0) is 24.8 Å². The Hall–Kier alpha value is -2.03. The second kappa shape index (κ2) is 4.09. The van der Waals surface area contributed by atoms with Crippen LogP contribution in [-0.4, -0.2) is 15.8 Å². The number of nitrogens with zero attached hydrogens (tertiary/aromatic N) is 2. The Morgan fingerprint density at radius 3 is 2.76 bits per heavy atom. The van der Waals surface area contributed by atoms with E-state index in [-0.39, 0.29) is 5.78 Å². The quantitative estimate of drug-likeness (QED) is 0.734. The number of aryl methyl sites for hydroxylation is 2. The summed E-state index contributed by atoms with van der Waals surface area (Å²) in [4.78, 5) is 20.7. The summed E-state index contributed by atoms with van der Waals surface area (Å²) in [6.07, 6.45) is 4.92. The molecule has 0 radical (unpaired) electrons. The average Bonchev–Trinajstić information content (AvgIpc) is 2.86. The molecule has 3 heteroatoms. The summed E-state index contributed by atoms with van der Waals surface area (Å²) in [6.45, 7) is 0. The first kappa shape index (κ1) is 10.1. The molecule has 3 rings (SSSR count). The first-order valence-corrected chi connectivity index (χ1v) is 5.79. The van der Waals surface area contributed by atoms with Crippen LogP contribution in [0, 0.1) is 0 Å². The molecule has 2 aromatic rings. The molecule has 1 aromatic carbocycles. The van der Waals surface area contributed by atoms with Gasteiger partial charge in [0.15, 0.2) is 0 Å². The van der Waals surface area contributed by atoms with Crippen LogP contribution in [0.15, 0.2) is 36.5 Å². The third kappa shape index (κ3) is 1.84. The SMILES string of the molecule is O=C(c1ccccc1)c1ncc2c(n1)CCC2. The van der Waals surface area contributed by atoms with Crippen LogP contribution in [0.25, 0.3) is 0 Å². The number of hydrogen-bond donors (Lipinski definition) is 0. The molecule has 0 atom stereocenters. The number of aromatic nitrogens is 2. The summed E-state index contributed by atoms with van der Waals surface area (Å²) >= 11 is 0. The minimum Gasteiger partial charge on any atom is -0.285 e. The molecule has 3 nitrogen and oxygen atoms in total. The van der Waals surface area contributed by atoms with Gasteiger partial charge in [0.2, 0.25) is 11.6 Å². The zero-order valence-electron chi connectivity index (χ0n) is 9.39. The minimum atomic E-state index is -0.0969. The lowest BCUT2D eigenvalue weighted by Gasteiger charge is -2.02. The van der Waals surface area contributed by atoms with Gasteiger partial charge in [-0.25, -0.2) is 9.97 Å². The van der Waals surface area contributed by atoms with Gasteiger partial charge in [-0.1, -0.05) is 30.3 Å². The molecule has 0 amide bonds. The van der Waals surface area contributed by atoms with E-state index in [1.54, 1.807) is 18.3 Å². The van der Waals surface area contributed by atoms with Crippen LogP contribution in [0.2, 0.25) is 0 Å². The molecule has 0 bridgehead atoms. The average molecular weight is 224 g/mol. The highest BCUT2D eigenvalue weighted by Gasteiger charge is 2.17. The number of benzene rings is 1. The predicted octanol–water partition coefficient (Wildman–Crippen LogP) is 2.20. The number of rotatable bonds is 2. The topological polar surface area (TPSA) is 42.9 Å². The van der Waals surface area contributed by atoms with Crippen LogP contribution < -0.4 is 0 Å². The molecule has 1 aliphatic rings. The van der Waals surface area contributed by atoms with Gasteiger partial charge in [-0.3, -0.25) is 4.79 Å².